The van der Waals surface area contributed by atoms with Crippen molar-refractivity contribution in [2.24, 2.45) is 0 Å². The van der Waals surface area contributed by atoms with Gasteiger partial charge in [-0.05, 0) is 25.7 Å². The molecular weight excluding hydrogens is 156 g/mol. The van der Waals surface area contributed by atoms with Gasteiger partial charge in [0, 0.05) is 0 Å². The number of rotatable bonds is 8. The van der Waals surface area contributed by atoms with Gasteiger partial charge in [-0.25, -0.2) is 0 Å². The van der Waals surface area contributed by atoms with Crippen LogP contribution in [0, 0.1) is 0 Å². The first-order chi connectivity index (χ1) is 6.41. The van der Waals surface area contributed by atoms with E-state index in [-0.39, 0.29) is 0 Å². The molecule has 0 aromatic rings. The van der Waals surface area contributed by atoms with Gasteiger partial charge in [0.25, 0.3) is 0 Å². The summed E-state index contributed by atoms with van der Waals surface area (Å²) in [5.74, 6) is 0. The molecule has 0 nitrogen and oxygen atoms in total. The van der Waals surface area contributed by atoms with E-state index in [1.165, 1.54) is 44.9 Å². The maximum Gasteiger partial charge on any atom is -0.0316 e. The minimum Gasteiger partial charge on any atom is -0.0885 e. The Morgan fingerprint density at radius 2 is 1.15 bits per heavy atom. The zero-order valence-corrected chi connectivity index (χ0v) is 9.26. The van der Waals surface area contributed by atoms with Gasteiger partial charge in [0.2, 0.25) is 0 Å². The lowest BCUT2D eigenvalue weighted by molar-refractivity contribution is 0.811. The molecule has 0 aliphatic heterocycles. The predicted molar refractivity (Wildman–Crippen MR) is 61.9 cm³/mol. The highest BCUT2D eigenvalue weighted by Crippen LogP contribution is 1.99. The van der Waals surface area contributed by atoms with Crippen molar-refractivity contribution in [2.75, 3.05) is 0 Å². The third-order valence-electron chi connectivity index (χ3n) is 2.01. The Kier molecular flexibility index (Phi) is 11.0. The topological polar surface area (TPSA) is 0 Å². The molecule has 0 heteroatoms. The van der Waals surface area contributed by atoms with Crippen LogP contribution in [0.2, 0.25) is 0 Å². The van der Waals surface area contributed by atoms with E-state index < -0.39 is 0 Å². The van der Waals surface area contributed by atoms with Crippen LogP contribution in [0.25, 0.3) is 0 Å². The third kappa shape index (κ3) is 11.5. The molecule has 76 valence electrons. The van der Waals surface area contributed by atoms with Crippen molar-refractivity contribution in [1.82, 2.24) is 0 Å². The van der Waals surface area contributed by atoms with Gasteiger partial charge < -0.3 is 0 Å². The summed E-state index contributed by atoms with van der Waals surface area (Å²) in [6.07, 6.45) is 18.0. The minimum atomic E-state index is 1.21. The highest BCUT2D eigenvalue weighted by Gasteiger charge is 1.79. The van der Waals surface area contributed by atoms with Crippen LogP contribution in [0.3, 0.4) is 0 Å². The second-order valence-electron chi connectivity index (χ2n) is 3.45. The lowest BCUT2D eigenvalue weighted by Crippen LogP contribution is -1.69. The molecule has 0 aromatic carbocycles. The Morgan fingerprint density at radius 3 is 1.69 bits per heavy atom. The largest absolute Gasteiger partial charge is 0.0885 e. The van der Waals surface area contributed by atoms with E-state index >= 15 is 0 Å². The van der Waals surface area contributed by atoms with Crippen molar-refractivity contribution in [3.63, 3.8) is 0 Å². The predicted octanol–water partition coefficient (Wildman–Crippen LogP) is 4.87. The molecule has 0 radical (unpaired) electrons. The van der Waals surface area contributed by atoms with Crippen molar-refractivity contribution in [1.29, 1.82) is 0 Å². The fourth-order valence-electron chi connectivity index (χ4n) is 1.15. The van der Waals surface area contributed by atoms with Gasteiger partial charge in [-0.2, -0.15) is 0 Å². The second kappa shape index (κ2) is 11.5. The number of hydrogen-bond acceptors (Lipinski definition) is 0. The summed E-state index contributed by atoms with van der Waals surface area (Å²) in [5, 5.41) is 0. The summed E-state index contributed by atoms with van der Waals surface area (Å²) in [6.45, 7) is 4.45. The first-order valence-corrected chi connectivity index (χ1v) is 5.71. The molecule has 13 heavy (non-hydrogen) atoms. The van der Waals surface area contributed by atoms with Crippen molar-refractivity contribution >= 4 is 0 Å². The van der Waals surface area contributed by atoms with Crippen molar-refractivity contribution in [3.05, 3.63) is 24.3 Å². The van der Waals surface area contributed by atoms with Crippen LogP contribution in [0.15, 0.2) is 24.3 Å². The van der Waals surface area contributed by atoms with E-state index in [0.717, 1.165) is 0 Å². The van der Waals surface area contributed by atoms with Gasteiger partial charge in [-0.15, -0.1) is 0 Å². The van der Waals surface area contributed by atoms with Crippen LogP contribution in [-0.4, -0.2) is 0 Å². The van der Waals surface area contributed by atoms with Crippen LogP contribution in [0.4, 0.5) is 0 Å². The molecule has 0 spiro atoms. The van der Waals surface area contributed by atoms with Gasteiger partial charge in [-0.1, -0.05) is 57.4 Å². The Bertz CT molecular complexity index is 131. The maximum atomic E-state index is 2.32. The summed E-state index contributed by atoms with van der Waals surface area (Å²) >= 11 is 0. The summed E-state index contributed by atoms with van der Waals surface area (Å²) in [4.78, 5) is 0. The van der Waals surface area contributed by atoms with Gasteiger partial charge >= 0.3 is 0 Å². The molecule has 0 fully saturated rings. The molecule has 0 N–H and O–H groups in total. The summed E-state index contributed by atoms with van der Waals surface area (Å²) in [6, 6.07) is 0. The van der Waals surface area contributed by atoms with E-state index in [2.05, 4.69) is 38.2 Å². The molecular formula is C13H24. The fraction of sp³-hybridized carbons (Fsp3) is 0.692. The molecule has 0 aromatic heterocycles. The van der Waals surface area contributed by atoms with Crippen LogP contribution in [0.5, 0.6) is 0 Å². The molecule has 0 unspecified atom stereocenters. The average Bonchev–Trinajstić information content (AvgIpc) is 2.16. The van der Waals surface area contributed by atoms with E-state index in [1.807, 2.05) is 0 Å². The van der Waals surface area contributed by atoms with Gasteiger partial charge in [0.15, 0.2) is 0 Å². The first-order valence-electron chi connectivity index (χ1n) is 5.71. The van der Waals surface area contributed by atoms with E-state index in [1.54, 1.807) is 0 Å². The summed E-state index contributed by atoms with van der Waals surface area (Å²) in [5.41, 5.74) is 0. The molecule has 0 heterocycles. The molecule has 0 atom stereocenters. The average molecular weight is 180 g/mol. The normalized spacial score (nSPS) is 11.8. The number of allylic oxidation sites excluding steroid dienone is 4. The molecule has 0 saturated carbocycles. The van der Waals surface area contributed by atoms with E-state index in [0.29, 0.717) is 0 Å². The Hall–Kier alpha value is -0.520. The van der Waals surface area contributed by atoms with E-state index in [9.17, 15) is 0 Å². The molecule has 0 aliphatic rings. The van der Waals surface area contributed by atoms with Gasteiger partial charge in [0.1, 0.15) is 0 Å². The second-order valence-corrected chi connectivity index (χ2v) is 3.45. The number of hydrogen-bond donors (Lipinski definition) is 0. The lowest BCUT2D eigenvalue weighted by atomic mass is 10.2. The van der Waals surface area contributed by atoms with E-state index in [4.69, 9.17) is 0 Å². The Balaban J connectivity index is 3.10. The monoisotopic (exact) mass is 180 g/mol. The van der Waals surface area contributed by atoms with Gasteiger partial charge in [0.05, 0.1) is 0 Å². The Labute approximate surface area is 83.7 Å². The molecule has 0 rings (SSSR count). The molecule has 0 saturated heterocycles. The summed E-state index contributed by atoms with van der Waals surface area (Å²) in [7, 11) is 0. The molecule has 0 bridgehead atoms. The molecule has 0 amide bonds. The fourth-order valence-corrected chi connectivity index (χ4v) is 1.15. The Morgan fingerprint density at radius 1 is 0.615 bits per heavy atom. The highest BCUT2D eigenvalue weighted by molar-refractivity contribution is 4.87. The molecule has 0 aliphatic carbocycles. The van der Waals surface area contributed by atoms with Crippen molar-refractivity contribution in [3.8, 4) is 0 Å². The standard InChI is InChI=1S/C13H24/c1-3-5-7-9-11-13-12-10-8-6-4-2/h7,9-10,12H,3-6,8,11,13H2,1-2H3/b9-7-,12-10-. The minimum absolute atomic E-state index is 1.21. The zero-order valence-electron chi connectivity index (χ0n) is 9.26. The SMILES string of the molecule is CCC/C=C\CC/C=C\CCCC. The van der Waals surface area contributed by atoms with Crippen LogP contribution >= 0.6 is 0 Å². The smallest absolute Gasteiger partial charge is 0.0316 e. The van der Waals surface area contributed by atoms with Crippen molar-refractivity contribution < 1.29 is 0 Å². The van der Waals surface area contributed by atoms with Crippen LogP contribution < -0.4 is 0 Å². The van der Waals surface area contributed by atoms with Gasteiger partial charge in [-0.3, -0.25) is 0 Å². The zero-order chi connectivity index (χ0) is 9.78. The first kappa shape index (κ1) is 12.5. The lowest BCUT2D eigenvalue weighted by Gasteiger charge is -1.89. The van der Waals surface area contributed by atoms with Crippen LogP contribution in [0.1, 0.15) is 58.8 Å². The third-order valence-corrected chi connectivity index (χ3v) is 2.01. The maximum absolute atomic E-state index is 2.32. The quantitative estimate of drug-likeness (QED) is 0.369. The highest BCUT2D eigenvalue weighted by atomic mass is 13.9. The summed E-state index contributed by atoms with van der Waals surface area (Å²) < 4.78 is 0. The number of unbranched alkanes of at least 4 members (excludes halogenated alkanes) is 4. The van der Waals surface area contributed by atoms with Crippen LogP contribution in [-0.2, 0) is 0 Å². The van der Waals surface area contributed by atoms with Crippen molar-refractivity contribution in [2.45, 2.75) is 58.8 Å².